The van der Waals surface area contributed by atoms with Crippen LogP contribution in [0.5, 0.6) is 0 Å². The van der Waals surface area contributed by atoms with E-state index < -0.39 is 0 Å². The molecule has 2 heterocycles. The fraction of sp³-hybridized carbons (Fsp3) is 0.769. The molecule has 0 atom stereocenters. The molecule has 0 aromatic carbocycles. The van der Waals surface area contributed by atoms with Gasteiger partial charge >= 0.3 is 0 Å². The Hall–Kier alpha value is -1.63. The fourth-order valence-corrected chi connectivity index (χ4v) is 2.58. The lowest BCUT2D eigenvalue weighted by atomic mass is 9.96. The molecular formula is C13H24N6O. The maximum absolute atomic E-state index is 8.71. The van der Waals surface area contributed by atoms with Gasteiger partial charge in [-0.05, 0) is 31.8 Å². The lowest BCUT2D eigenvalue weighted by molar-refractivity contribution is 0.190. The predicted molar refractivity (Wildman–Crippen MR) is 76.3 cm³/mol. The summed E-state index contributed by atoms with van der Waals surface area (Å²) in [6.45, 7) is 7.94. The molecule has 112 valence electrons. The second-order valence-corrected chi connectivity index (χ2v) is 5.83. The second-order valence-electron chi connectivity index (χ2n) is 5.83. The van der Waals surface area contributed by atoms with E-state index in [1.165, 1.54) is 0 Å². The Kier molecular flexibility index (Phi) is 4.94. The van der Waals surface area contributed by atoms with Gasteiger partial charge in [-0.15, -0.1) is 0 Å². The highest BCUT2D eigenvalue weighted by atomic mass is 16.4. The molecule has 0 aliphatic carbocycles. The Morgan fingerprint density at radius 2 is 2.20 bits per heavy atom. The van der Waals surface area contributed by atoms with Crippen molar-refractivity contribution in [3.05, 3.63) is 12.2 Å². The Morgan fingerprint density at radius 1 is 1.50 bits per heavy atom. The van der Waals surface area contributed by atoms with Gasteiger partial charge in [-0.3, -0.25) is 4.90 Å². The van der Waals surface area contributed by atoms with Crippen LogP contribution < -0.4 is 5.73 Å². The van der Waals surface area contributed by atoms with Crippen LogP contribution >= 0.6 is 0 Å². The van der Waals surface area contributed by atoms with Gasteiger partial charge in [-0.25, -0.2) is 9.67 Å². The van der Waals surface area contributed by atoms with Gasteiger partial charge in [0.25, 0.3) is 0 Å². The Labute approximate surface area is 119 Å². The van der Waals surface area contributed by atoms with E-state index in [2.05, 4.69) is 34.0 Å². The molecule has 0 radical (unpaired) electrons. The second kappa shape index (κ2) is 6.69. The van der Waals surface area contributed by atoms with Crippen LogP contribution in [0.15, 0.2) is 11.5 Å². The third-order valence-electron chi connectivity index (χ3n) is 3.72. The summed E-state index contributed by atoms with van der Waals surface area (Å²) in [5.74, 6) is 2.13. The van der Waals surface area contributed by atoms with Gasteiger partial charge in [0.15, 0.2) is 0 Å². The first-order valence-electron chi connectivity index (χ1n) is 7.16. The largest absolute Gasteiger partial charge is 0.409 e. The van der Waals surface area contributed by atoms with E-state index >= 15 is 0 Å². The number of oxime groups is 1. The first-order chi connectivity index (χ1) is 9.60. The molecule has 1 aliphatic rings. The molecular weight excluding hydrogens is 256 g/mol. The van der Waals surface area contributed by atoms with Crippen molar-refractivity contribution in [2.24, 2.45) is 22.7 Å². The molecule has 0 spiro atoms. The summed E-state index contributed by atoms with van der Waals surface area (Å²) in [5, 5.41) is 16.1. The predicted octanol–water partition coefficient (Wildman–Crippen LogP) is 0.892. The van der Waals surface area contributed by atoms with Crippen LogP contribution in [0.3, 0.4) is 0 Å². The average molecular weight is 280 g/mol. The first-order valence-corrected chi connectivity index (χ1v) is 7.16. The molecule has 3 N–H and O–H groups in total. The lowest BCUT2D eigenvalue weighted by Crippen LogP contribution is -2.38. The number of aromatic nitrogens is 3. The van der Waals surface area contributed by atoms with Crippen molar-refractivity contribution in [2.75, 3.05) is 13.1 Å². The average Bonchev–Trinajstić information content (AvgIpc) is 2.85. The van der Waals surface area contributed by atoms with E-state index in [9.17, 15) is 0 Å². The van der Waals surface area contributed by atoms with Crippen molar-refractivity contribution in [2.45, 2.75) is 39.8 Å². The Bertz CT molecular complexity index is 447. The lowest BCUT2D eigenvalue weighted by Gasteiger charge is -2.30. The highest BCUT2D eigenvalue weighted by Crippen LogP contribution is 2.18. The molecule has 0 amide bonds. The number of hydrogen-bond donors (Lipinski definition) is 2. The third kappa shape index (κ3) is 3.69. The summed E-state index contributed by atoms with van der Waals surface area (Å²) in [5.41, 5.74) is 5.66. The van der Waals surface area contributed by atoms with Crippen LogP contribution in [0.4, 0.5) is 0 Å². The van der Waals surface area contributed by atoms with Gasteiger partial charge in [0.1, 0.15) is 18.0 Å². The zero-order valence-electron chi connectivity index (χ0n) is 12.2. The zero-order chi connectivity index (χ0) is 14.5. The number of hydrogen-bond acceptors (Lipinski definition) is 5. The number of nitrogens with two attached hydrogens (primary N) is 1. The van der Waals surface area contributed by atoms with Crippen molar-refractivity contribution in [3.63, 3.8) is 0 Å². The number of rotatable bonds is 5. The molecule has 1 fully saturated rings. The smallest absolute Gasteiger partial charge is 0.142 e. The molecule has 2 rings (SSSR count). The molecule has 7 nitrogen and oxygen atoms in total. The minimum absolute atomic E-state index is 0.199. The highest BCUT2D eigenvalue weighted by molar-refractivity contribution is 5.82. The van der Waals surface area contributed by atoms with Crippen LogP contribution in [0.1, 0.15) is 32.5 Å². The van der Waals surface area contributed by atoms with Crippen LogP contribution in [-0.2, 0) is 13.1 Å². The topological polar surface area (TPSA) is 92.6 Å². The summed E-state index contributed by atoms with van der Waals surface area (Å²) in [7, 11) is 0. The minimum Gasteiger partial charge on any atom is -0.409 e. The molecule has 1 aliphatic heterocycles. The minimum atomic E-state index is 0.199. The summed E-state index contributed by atoms with van der Waals surface area (Å²) in [4.78, 5) is 6.70. The summed E-state index contributed by atoms with van der Waals surface area (Å²) < 4.78 is 1.99. The normalized spacial score (nSPS) is 18.9. The fourth-order valence-electron chi connectivity index (χ4n) is 2.58. The third-order valence-corrected chi connectivity index (χ3v) is 3.72. The van der Waals surface area contributed by atoms with Crippen molar-refractivity contribution in [3.8, 4) is 0 Å². The molecule has 0 bridgehead atoms. The van der Waals surface area contributed by atoms with Crippen LogP contribution in [0.25, 0.3) is 0 Å². The molecule has 7 heteroatoms. The van der Waals surface area contributed by atoms with E-state index in [1.54, 1.807) is 6.33 Å². The molecule has 1 aromatic heterocycles. The van der Waals surface area contributed by atoms with Gasteiger partial charge in [-0.2, -0.15) is 5.10 Å². The van der Waals surface area contributed by atoms with Crippen molar-refractivity contribution >= 4 is 5.84 Å². The number of nitrogens with zero attached hydrogens (tertiary/aromatic N) is 5. The van der Waals surface area contributed by atoms with Crippen LogP contribution in [0, 0.1) is 11.8 Å². The Morgan fingerprint density at radius 3 is 2.80 bits per heavy atom. The molecule has 20 heavy (non-hydrogen) atoms. The van der Waals surface area contributed by atoms with Crippen molar-refractivity contribution in [1.82, 2.24) is 19.7 Å². The van der Waals surface area contributed by atoms with Crippen molar-refractivity contribution in [1.29, 1.82) is 0 Å². The zero-order valence-corrected chi connectivity index (χ0v) is 12.2. The quantitative estimate of drug-likeness (QED) is 0.362. The monoisotopic (exact) mass is 280 g/mol. The maximum Gasteiger partial charge on any atom is 0.142 e. The number of likely N-dealkylation sites (tertiary alicyclic amines) is 1. The Balaban J connectivity index is 1.88. The first kappa shape index (κ1) is 14.8. The van der Waals surface area contributed by atoms with Gasteiger partial charge in [0, 0.05) is 12.5 Å². The molecule has 1 saturated heterocycles. The van der Waals surface area contributed by atoms with E-state index in [0.29, 0.717) is 11.8 Å². The van der Waals surface area contributed by atoms with Gasteiger partial charge in [0.2, 0.25) is 0 Å². The van der Waals surface area contributed by atoms with E-state index in [-0.39, 0.29) is 5.92 Å². The summed E-state index contributed by atoms with van der Waals surface area (Å²) >= 11 is 0. The van der Waals surface area contributed by atoms with Crippen molar-refractivity contribution < 1.29 is 5.21 Å². The standard InChI is InChI=1S/C13H24N6O/c1-10(2)7-19-12(15-9-16-19)8-18-5-3-11(4-6-18)13(14)17-20/h9-11,20H,3-8H2,1-2H3,(H2,14,17). The van der Waals surface area contributed by atoms with Crippen LogP contribution in [-0.4, -0.2) is 43.8 Å². The SMILES string of the molecule is CC(C)Cn1ncnc1CN1CCC(C(N)=NO)CC1. The summed E-state index contributed by atoms with van der Waals surface area (Å²) in [6.07, 6.45) is 3.48. The van der Waals surface area contributed by atoms with E-state index in [0.717, 1.165) is 44.8 Å². The van der Waals surface area contributed by atoms with Gasteiger partial charge in [-0.1, -0.05) is 19.0 Å². The number of piperidine rings is 1. The molecule has 0 saturated carbocycles. The molecule has 1 aromatic rings. The van der Waals surface area contributed by atoms with E-state index in [1.807, 2.05) is 4.68 Å². The highest BCUT2D eigenvalue weighted by Gasteiger charge is 2.23. The maximum atomic E-state index is 8.71. The molecule has 0 unspecified atom stereocenters. The van der Waals surface area contributed by atoms with Gasteiger partial charge < -0.3 is 10.9 Å². The van der Waals surface area contributed by atoms with Crippen LogP contribution in [0.2, 0.25) is 0 Å². The van der Waals surface area contributed by atoms with Gasteiger partial charge in [0.05, 0.1) is 6.54 Å². The summed E-state index contributed by atoms with van der Waals surface area (Å²) in [6, 6.07) is 0. The van der Waals surface area contributed by atoms with E-state index in [4.69, 9.17) is 10.9 Å². The number of amidine groups is 1.